The van der Waals surface area contributed by atoms with Crippen molar-refractivity contribution in [1.82, 2.24) is 0 Å². The molecule has 0 unspecified atom stereocenters. The fourth-order valence-electron chi connectivity index (χ4n) is 15.3. The molecule has 19 rings (SSSR count). The maximum absolute atomic E-state index is 8.36. The molecule has 4 aromatic heterocycles. The number of hydrogen-bond acceptors (Lipinski definition) is 8. The van der Waals surface area contributed by atoms with E-state index in [9.17, 15) is 0 Å². The molecule has 6 heterocycles. The minimum atomic E-state index is -1.19. The van der Waals surface area contributed by atoms with Crippen LogP contribution in [-0.2, 0) is 10.8 Å². The van der Waals surface area contributed by atoms with Crippen molar-refractivity contribution in [2.24, 2.45) is 0 Å². The molecule has 0 N–H and O–H groups in total. The van der Waals surface area contributed by atoms with Gasteiger partial charge in [0, 0.05) is 78.9 Å². The van der Waals surface area contributed by atoms with E-state index in [1.54, 1.807) is 0 Å². The summed E-state index contributed by atoms with van der Waals surface area (Å²) < 4.78 is 29.7. The zero-order valence-corrected chi connectivity index (χ0v) is 48.4. The first-order chi connectivity index (χ1) is 44.6. The van der Waals surface area contributed by atoms with Gasteiger partial charge in [0.05, 0.1) is 22.7 Å². The van der Waals surface area contributed by atoms with Gasteiger partial charge in [0.15, 0.2) is 0 Å². The Kier molecular flexibility index (Phi) is 10.7. The molecule has 0 saturated carbocycles. The average Bonchev–Trinajstić information content (AvgIpc) is 1.27. The van der Waals surface area contributed by atoms with Crippen molar-refractivity contribution in [3.63, 3.8) is 0 Å². The summed E-state index contributed by atoms with van der Waals surface area (Å²) in [6.07, 6.45) is 0. The van der Waals surface area contributed by atoms with Gasteiger partial charge in [-0.1, -0.05) is 182 Å². The van der Waals surface area contributed by atoms with Crippen LogP contribution in [0.1, 0.15) is 44.9 Å². The number of hydrogen-bond donors (Lipinski definition) is 0. The molecule has 0 amide bonds. The van der Waals surface area contributed by atoms with Crippen molar-refractivity contribution in [1.29, 1.82) is 0 Å². The van der Waals surface area contributed by atoms with Crippen LogP contribution >= 0.6 is 0 Å². The lowest BCUT2D eigenvalue weighted by molar-refractivity contribution is 0.398. The van der Waals surface area contributed by atoms with Crippen LogP contribution in [-0.4, -0.2) is 0 Å². The lowest BCUT2D eigenvalue weighted by atomic mass is 9.53. The fraction of sp³-hybridized carbons (Fsp3) is 0.0244. The molecule has 16 aromatic rings. The van der Waals surface area contributed by atoms with Crippen LogP contribution < -0.4 is 19.6 Å². The molecule has 90 heavy (non-hydrogen) atoms. The van der Waals surface area contributed by atoms with Crippen LogP contribution in [0, 0.1) is 0 Å². The molecule has 12 aromatic carbocycles. The molecule has 0 bridgehead atoms. The lowest BCUT2D eigenvalue weighted by Crippen LogP contribution is -2.48. The van der Waals surface area contributed by atoms with E-state index in [4.69, 9.17) is 17.7 Å². The molecule has 8 nitrogen and oxygen atoms in total. The monoisotopic (exact) mass is 1160 g/mol. The zero-order valence-electron chi connectivity index (χ0n) is 48.4. The predicted molar refractivity (Wildman–Crippen MR) is 362 cm³/mol. The number of rotatable bonds is 8. The highest BCUT2D eigenvalue weighted by molar-refractivity contribution is 6.08. The largest absolute Gasteiger partial charge is 0.456 e. The molecular weight excluding hydrogens is 1100 g/mol. The molecule has 0 saturated heterocycles. The molecule has 0 atom stereocenters. The summed E-state index contributed by atoms with van der Waals surface area (Å²) in [6, 6.07) is 112. The fourth-order valence-corrected chi connectivity index (χ4v) is 15.3. The molecule has 8 heteroatoms. The van der Waals surface area contributed by atoms with Crippen LogP contribution in [0.25, 0.3) is 43.9 Å². The van der Waals surface area contributed by atoms with Gasteiger partial charge >= 0.3 is 0 Å². The first-order valence-corrected chi connectivity index (χ1v) is 30.6. The van der Waals surface area contributed by atoms with Crippen molar-refractivity contribution < 1.29 is 17.7 Å². The number of nitrogens with zero attached hydrogens (tertiary/aromatic N) is 4. The molecule has 1 aliphatic carbocycles. The number of para-hydroxylation sites is 10. The van der Waals surface area contributed by atoms with Gasteiger partial charge in [-0.15, -0.1) is 0 Å². The highest BCUT2D eigenvalue weighted by Crippen LogP contribution is 2.70. The second kappa shape index (κ2) is 19.2. The first-order valence-electron chi connectivity index (χ1n) is 30.6. The van der Waals surface area contributed by atoms with Gasteiger partial charge in [0.2, 0.25) is 11.8 Å². The van der Waals surface area contributed by atoms with Crippen molar-refractivity contribution in [2.45, 2.75) is 10.8 Å². The minimum absolute atomic E-state index is 0.634. The number of furan rings is 4. The minimum Gasteiger partial charge on any atom is -0.456 e. The molecule has 424 valence electrons. The maximum atomic E-state index is 8.36. The Morgan fingerprint density at radius 2 is 0.544 bits per heavy atom. The van der Waals surface area contributed by atoms with Gasteiger partial charge in [-0.2, -0.15) is 0 Å². The van der Waals surface area contributed by atoms with E-state index in [-0.39, 0.29) is 0 Å². The van der Waals surface area contributed by atoms with E-state index in [2.05, 4.69) is 311 Å². The third kappa shape index (κ3) is 6.95. The predicted octanol–water partition coefficient (Wildman–Crippen LogP) is 22.3. The van der Waals surface area contributed by atoms with Gasteiger partial charge in [0.1, 0.15) is 44.7 Å². The topological polar surface area (TPSA) is 65.5 Å². The summed E-state index contributed by atoms with van der Waals surface area (Å²) in [6.45, 7) is 0. The average molecular weight is 1160 g/mol. The maximum Gasteiger partial charge on any atom is 0.205 e. The van der Waals surface area contributed by atoms with Crippen LogP contribution in [0.3, 0.4) is 0 Å². The first kappa shape index (κ1) is 50.2. The van der Waals surface area contributed by atoms with E-state index < -0.39 is 10.8 Å². The van der Waals surface area contributed by atoms with Crippen molar-refractivity contribution in [2.75, 3.05) is 19.6 Å². The third-order valence-corrected chi connectivity index (χ3v) is 18.9. The third-order valence-electron chi connectivity index (χ3n) is 18.9. The van der Waals surface area contributed by atoms with E-state index in [0.717, 1.165) is 146 Å². The normalized spacial score (nSPS) is 13.9. The molecular formula is C82H52N4O4. The van der Waals surface area contributed by atoms with Gasteiger partial charge in [-0.3, -0.25) is 9.80 Å². The lowest BCUT2D eigenvalue weighted by Gasteiger charge is -2.51. The van der Waals surface area contributed by atoms with Crippen molar-refractivity contribution in [3.8, 4) is 0 Å². The summed E-state index contributed by atoms with van der Waals surface area (Å²) in [5.74, 6) is 2.82. The Balaban J connectivity index is 0.983. The molecule has 0 radical (unpaired) electrons. The van der Waals surface area contributed by atoms with Gasteiger partial charge in [-0.25, -0.2) is 0 Å². The number of anilines is 12. The summed E-state index contributed by atoms with van der Waals surface area (Å²) >= 11 is 0. The Labute approximate surface area is 518 Å². The highest BCUT2D eigenvalue weighted by Gasteiger charge is 2.64. The second-order valence-corrected chi connectivity index (χ2v) is 23.5. The smallest absolute Gasteiger partial charge is 0.205 e. The van der Waals surface area contributed by atoms with E-state index in [0.29, 0.717) is 11.8 Å². The molecule has 2 spiro atoms. The molecule has 2 aliphatic heterocycles. The summed E-state index contributed by atoms with van der Waals surface area (Å²) in [7, 11) is 0. The van der Waals surface area contributed by atoms with Crippen molar-refractivity contribution in [3.05, 3.63) is 360 Å². The Bertz CT molecular complexity index is 5010. The van der Waals surface area contributed by atoms with Crippen LogP contribution in [0.4, 0.5) is 68.6 Å². The van der Waals surface area contributed by atoms with Crippen LogP contribution in [0.15, 0.2) is 333 Å². The SMILES string of the molecule is c1ccc(N(c2ccc3oc4ccccc4c3c2)c2cc3c(o2)C2(c4ccccc4N(c4ccccc4)c4ccccc42)c2cc(N(c4ccccc4)c4ccc5oc6ccccc6c5c4)oc2C32c3ccccc3N(c3ccccc3)c3ccccc32)cc1. The van der Waals surface area contributed by atoms with Crippen molar-refractivity contribution >= 4 is 113 Å². The summed E-state index contributed by atoms with van der Waals surface area (Å²) in [4.78, 5) is 9.37. The van der Waals surface area contributed by atoms with Gasteiger partial charge in [0.25, 0.3) is 0 Å². The zero-order chi connectivity index (χ0) is 59.1. The van der Waals surface area contributed by atoms with E-state index >= 15 is 0 Å². The van der Waals surface area contributed by atoms with Crippen LogP contribution in [0.5, 0.6) is 0 Å². The highest BCUT2D eigenvalue weighted by atomic mass is 16.4. The quantitative estimate of drug-likeness (QED) is 0.149. The van der Waals surface area contributed by atoms with Gasteiger partial charge < -0.3 is 27.5 Å². The van der Waals surface area contributed by atoms with E-state index in [1.807, 2.05) is 24.3 Å². The standard InChI is InChI=1S/C82H52N4O4/c1-5-25-53(26-6-1)83(57-45-47-75-61(49-57)59-33-13-23-43-73(59)87-75)77-51-67-79(89-77)82(65-37-17-21-41-71(65)86(56-31-11-4-12-32-56)72-42-22-18-38-66(72)82)68-52-78(84(54-27-7-2-8-28-54)58-46-48-76-62(50-58)60-34-14-24-44-74(60)88-76)90-80(68)81(67)63-35-15-19-39-69(63)85(55-29-9-3-10-30-55)70-40-20-16-36-64(70)81/h1-52H. The summed E-state index contributed by atoms with van der Waals surface area (Å²) in [5.41, 5.74) is 16.8. The Morgan fingerprint density at radius 1 is 0.233 bits per heavy atom. The number of benzene rings is 12. The second-order valence-electron chi connectivity index (χ2n) is 23.5. The summed E-state index contributed by atoms with van der Waals surface area (Å²) in [5, 5.41) is 4.10. The molecule has 3 aliphatic rings. The number of fused-ring (bicyclic) bond motifs is 20. The van der Waals surface area contributed by atoms with Crippen LogP contribution in [0.2, 0.25) is 0 Å². The Hall–Kier alpha value is -12.0. The van der Waals surface area contributed by atoms with E-state index in [1.165, 1.54) is 0 Å². The van der Waals surface area contributed by atoms with Gasteiger partial charge in [-0.05, 0) is 144 Å². The molecule has 0 fully saturated rings. The Morgan fingerprint density at radius 3 is 0.922 bits per heavy atom.